The number of hydrogen-bond donors (Lipinski definition) is 2. The highest BCUT2D eigenvalue weighted by molar-refractivity contribution is 5.78. The summed E-state index contributed by atoms with van der Waals surface area (Å²) in [7, 11) is 1.92. The van der Waals surface area contributed by atoms with Gasteiger partial charge in [-0.25, -0.2) is 0 Å². The average molecular weight is 248 g/mol. The molecule has 1 amide bonds. The Bertz CT molecular complexity index is 416. The minimum Gasteiger partial charge on any atom is -0.484 e. The van der Waals surface area contributed by atoms with E-state index in [1.165, 1.54) is 0 Å². The van der Waals surface area contributed by atoms with Gasteiger partial charge in [-0.05, 0) is 44.5 Å². The zero-order chi connectivity index (χ0) is 13.0. The fraction of sp³-hybridized carbons (Fsp3) is 0.500. The molecule has 1 saturated carbocycles. The first kappa shape index (κ1) is 12.9. The maximum atomic E-state index is 11.5. The molecular weight excluding hydrogens is 228 g/mol. The van der Waals surface area contributed by atoms with Crippen LogP contribution in [-0.2, 0) is 4.79 Å². The summed E-state index contributed by atoms with van der Waals surface area (Å²) in [6, 6.07) is 8.47. The van der Waals surface area contributed by atoms with Crippen LogP contribution in [0.15, 0.2) is 24.3 Å². The van der Waals surface area contributed by atoms with Crippen molar-refractivity contribution in [1.82, 2.24) is 10.6 Å². The van der Waals surface area contributed by atoms with E-state index >= 15 is 0 Å². The maximum absolute atomic E-state index is 11.5. The second kappa shape index (κ2) is 5.87. The van der Waals surface area contributed by atoms with Gasteiger partial charge in [0.05, 0.1) is 0 Å². The number of amides is 1. The van der Waals surface area contributed by atoms with Gasteiger partial charge in [-0.2, -0.15) is 0 Å². The number of hydrogen-bond acceptors (Lipinski definition) is 3. The summed E-state index contributed by atoms with van der Waals surface area (Å²) in [6.45, 7) is 2.17. The molecule has 0 heterocycles. The van der Waals surface area contributed by atoms with Gasteiger partial charge in [0.25, 0.3) is 5.91 Å². The van der Waals surface area contributed by atoms with Crippen molar-refractivity contribution < 1.29 is 9.53 Å². The number of carbonyl (C=O) groups is 1. The third-order valence-corrected chi connectivity index (χ3v) is 3.10. The Labute approximate surface area is 108 Å². The molecule has 1 atom stereocenters. The summed E-state index contributed by atoms with van der Waals surface area (Å²) in [5.74, 6) is 0.699. The summed E-state index contributed by atoms with van der Waals surface area (Å²) < 4.78 is 5.49. The Morgan fingerprint density at radius 3 is 2.94 bits per heavy atom. The molecule has 0 bridgehead atoms. The fourth-order valence-electron chi connectivity index (χ4n) is 1.69. The van der Waals surface area contributed by atoms with E-state index < -0.39 is 0 Å². The lowest BCUT2D eigenvalue weighted by Crippen LogP contribution is -2.30. The lowest BCUT2D eigenvalue weighted by atomic mass is 10.1. The van der Waals surface area contributed by atoms with Crippen molar-refractivity contribution in [2.24, 2.45) is 0 Å². The van der Waals surface area contributed by atoms with E-state index in [1.807, 2.05) is 31.3 Å². The molecule has 98 valence electrons. The highest BCUT2D eigenvalue weighted by Crippen LogP contribution is 2.20. The number of carbonyl (C=O) groups excluding carboxylic acids is 1. The standard InChI is InChI=1S/C14H20N2O2/c1-10(15-2)11-4-3-5-13(8-11)18-9-14(17)16-12-6-7-12/h3-5,8,10,12,15H,6-7,9H2,1-2H3,(H,16,17). The topological polar surface area (TPSA) is 50.4 Å². The van der Waals surface area contributed by atoms with E-state index in [2.05, 4.69) is 17.6 Å². The molecule has 18 heavy (non-hydrogen) atoms. The monoisotopic (exact) mass is 248 g/mol. The van der Waals surface area contributed by atoms with Crippen molar-refractivity contribution in [3.8, 4) is 5.75 Å². The molecule has 0 aromatic heterocycles. The Morgan fingerprint density at radius 1 is 1.50 bits per heavy atom. The average Bonchev–Trinajstić information content (AvgIpc) is 3.19. The molecular formula is C14H20N2O2. The summed E-state index contributed by atoms with van der Waals surface area (Å²) >= 11 is 0. The van der Waals surface area contributed by atoms with Gasteiger partial charge in [0.2, 0.25) is 0 Å². The SMILES string of the molecule is CNC(C)c1cccc(OCC(=O)NC2CC2)c1. The maximum Gasteiger partial charge on any atom is 0.258 e. The van der Waals surface area contributed by atoms with Gasteiger partial charge in [-0.3, -0.25) is 4.79 Å². The molecule has 4 heteroatoms. The fourth-order valence-corrected chi connectivity index (χ4v) is 1.69. The van der Waals surface area contributed by atoms with E-state index in [0.717, 1.165) is 24.2 Å². The molecule has 1 unspecified atom stereocenters. The van der Waals surface area contributed by atoms with Crippen LogP contribution < -0.4 is 15.4 Å². The largest absolute Gasteiger partial charge is 0.484 e. The third-order valence-electron chi connectivity index (χ3n) is 3.10. The number of benzene rings is 1. The molecule has 1 aromatic rings. The molecule has 0 aliphatic heterocycles. The lowest BCUT2D eigenvalue weighted by Gasteiger charge is -2.12. The van der Waals surface area contributed by atoms with Gasteiger partial charge in [-0.1, -0.05) is 12.1 Å². The van der Waals surface area contributed by atoms with Crippen molar-refractivity contribution in [1.29, 1.82) is 0 Å². The molecule has 2 rings (SSSR count). The highest BCUT2D eigenvalue weighted by Gasteiger charge is 2.23. The van der Waals surface area contributed by atoms with E-state index in [-0.39, 0.29) is 18.6 Å². The summed E-state index contributed by atoms with van der Waals surface area (Å²) in [5, 5.41) is 6.07. The van der Waals surface area contributed by atoms with Crippen molar-refractivity contribution in [3.05, 3.63) is 29.8 Å². The van der Waals surface area contributed by atoms with Crippen molar-refractivity contribution in [3.63, 3.8) is 0 Å². The highest BCUT2D eigenvalue weighted by atomic mass is 16.5. The number of rotatable bonds is 6. The molecule has 1 fully saturated rings. The predicted octanol–water partition coefficient (Wildman–Crippen LogP) is 1.62. The summed E-state index contributed by atoms with van der Waals surface area (Å²) in [5.41, 5.74) is 1.15. The third kappa shape index (κ3) is 3.74. The first-order chi connectivity index (χ1) is 8.69. The minimum absolute atomic E-state index is 0.0374. The Morgan fingerprint density at radius 2 is 2.28 bits per heavy atom. The van der Waals surface area contributed by atoms with Gasteiger partial charge >= 0.3 is 0 Å². The molecule has 1 aliphatic carbocycles. The first-order valence-electron chi connectivity index (χ1n) is 6.38. The van der Waals surface area contributed by atoms with Crippen molar-refractivity contribution in [2.45, 2.75) is 31.8 Å². The Kier molecular flexibility index (Phi) is 4.20. The molecule has 2 N–H and O–H groups in total. The van der Waals surface area contributed by atoms with Crippen molar-refractivity contribution in [2.75, 3.05) is 13.7 Å². The Hall–Kier alpha value is -1.55. The van der Waals surface area contributed by atoms with E-state index in [1.54, 1.807) is 0 Å². The van der Waals surface area contributed by atoms with Gasteiger partial charge in [0, 0.05) is 12.1 Å². The molecule has 4 nitrogen and oxygen atoms in total. The van der Waals surface area contributed by atoms with Gasteiger partial charge < -0.3 is 15.4 Å². The lowest BCUT2D eigenvalue weighted by molar-refractivity contribution is -0.123. The van der Waals surface area contributed by atoms with E-state index in [4.69, 9.17) is 4.74 Å². The van der Waals surface area contributed by atoms with Crippen LogP contribution >= 0.6 is 0 Å². The van der Waals surface area contributed by atoms with Gasteiger partial charge in [0.1, 0.15) is 5.75 Å². The van der Waals surface area contributed by atoms with E-state index in [9.17, 15) is 4.79 Å². The smallest absolute Gasteiger partial charge is 0.258 e. The molecule has 0 radical (unpaired) electrons. The normalized spacial score (nSPS) is 16.1. The van der Waals surface area contributed by atoms with Gasteiger partial charge in [-0.15, -0.1) is 0 Å². The summed E-state index contributed by atoms with van der Waals surface area (Å²) in [4.78, 5) is 11.5. The van der Waals surface area contributed by atoms with Crippen LogP contribution in [0.4, 0.5) is 0 Å². The number of nitrogens with one attached hydrogen (secondary N) is 2. The van der Waals surface area contributed by atoms with Crippen LogP contribution in [0.25, 0.3) is 0 Å². The van der Waals surface area contributed by atoms with E-state index in [0.29, 0.717) is 6.04 Å². The zero-order valence-corrected chi connectivity index (χ0v) is 10.9. The molecule has 0 saturated heterocycles. The zero-order valence-electron chi connectivity index (χ0n) is 10.9. The molecule has 0 spiro atoms. The quantitative estimate of drug-likeness (QED) is 0.804. The Balaban J connectivity index is 1.86. The summed E-state index contributed by atoms with van der Waals surface area (Å²) in [6.07, 6.45) is 2.20. The second-order valence-corrected chi connectivity index (χ2v) is 4.71. The molecule has 1 aliphatic rings. The van der Waals surface area contributed by atoms with Crippen LogP contribution in [0.1, 0.15) is 31.4 Å². The first-order valence-corrected chi connectivity index (χ1v) is 6.38. The van der Waals surface area contributed by atoms with Gasteiger partial charge in [0.15, 0.2) is 6.61 Å². The minimum atomic E-state index is -0.0374. The van der Waals surface area contributed by atoms with Crippen LogP contribution in [0.2, 0.25) is 0 Å². The van der Waals surface area contributed by atoms with Crippen LogP contribution in [0.3, 0.4) is 0 Å². The van der Waals surface area contributed by atoms with Crippen LogP contribution in [0, 0.1) is 0 Å². The predicted molar refractivity (Wildman–Crippen MR) is 70.6 cm³/mol. The number of ether oxygens (including phenoxy) is 1. The van der Waals surface area contributed by atoms with Crippen LogP contribution in [0.5, 0.6) is 5.75 Å². The second-order valence-electron chi connectivity index (χ2n) is 4.71. The molecule has 1 aromatic carbocycles. The van der Waals surface area contributed by atoms with Crippen LogP contribution in [-0.4, -0.2) is 25.6 Å². The van der Waals surface area contributed by atoms with Crippen molar-refractivity contribution >= 4 is 5.91 Å².